The van der Waals surface area contributed by atoms with Crippen molar-refractivity contribution in [3.63, 3.8) is 0 Å². The second-order valence-corrected chi connectivity index (χ2v) is 6.62. The molecule has 120 valence electrons. The van der Waals surface area contributed by atoms with E-state index in [9.17, 15) is 9.59 Å². The predicted octanol–water partition coefficient (Wildman–Crippen LogP) is 1.56. The van der Waals surface area contributed by atoms with Crippen molar-refractivity contribution in [2.45, 2.75) is 58.5 Å². The highest BCUT2D eigenvalue weighted by atomic mass is 16.5. The molecule has 1 aliphatic heterocycles. The van der Waals surface area contributed by atoms with E-state index in [0.717, 1.165) is 19.3 Å². The molecule has 1 saturated carbocycles. The van der Waals surface area contributed by atoms with Gasteiger partial charge in [0.25, 0.3) is 0 Å². The molecule has 0 aromatic heterocycles. The summed E-state index contributed by atoms with van der Waals surface area (Å²) in [6.07, 6.45) is 3.77. The van der Waals surface area contributed by atoms with Gasteiger partial charge in [0.2, 0.25) is 11.8 Å². The molecular formula is C16H28N2O3. The van der Waals surface area contributed by atoms with Gasteiger partial charge in [-0.2, -0.15) is 0 Å². The van der Waals surface area contributed by atoms with Crippen LogP contribution in [0, 0.1) is 11.8 Å². The molecule has 0 aromatic carbocycles. The van der Waals surface area contributed by atoms with Gasteiger partial charge in [0.15, 0.2) is 0 Å². The lowest BCUT2D eigenvalue weighted by molar-refractivity contribution is -0.151. The van der Waals surface area contributed by atoms with Gasteiger partial charge in [-0.25, -0.2) is 0 Å². The fourth-order valence-corrected chi connectivity index (χ4v) is 2.97. The van der Waals surface area contributed by atoms with Crippen LogP contribution in [0.4, 0.5) is 0 Å². The molecule has 1 saturated heterocycles. The van der Waals surface area contributed by atoms with E-state index in [2.05, 4.69) is 26.1 Å². The Balaban J connectivity index is 2.01. The van der Waals surface area contributed by atoms with Crippen molar-refractivity contribution in [1.82, 2.24) is 10.2 Å². The molecule has 2 aliphatic rings. The van der Waals surface area contributed by atoms with Gasteiger partial charge in [-0.15, -0.1) is 0 Å². The van der Waals surface area contributed by atoms with E-state index in [-0.39, 0.29) is 23.9 Å². The first kappa shape index (κ1) is 16.3. The highest BCUT2D eigenvalue weighted by Gasteiger charge is 2.47. The van der Waals surface area contributed by atoms with Crippen LogP contribution >= 0.6 is 0 Å². The first-order valence-electron chi connectivity index (χ1n) is 8.23. The van der Waals surface area contributed by atoms with Crippen LogP contribution in [-0.4, -0.2) is 48.6 Å². The number of hydrogen-bond acceptors (Lipinski definition) is 3. The van der Waals surface area contributed by atoms with E-state index in [4.69, 9.17) is 4.74 Å². The molecule has 1 aliphatic carbocycles. The van der Waals surface area contributed by atoms with Crippen molar-refractivity contribution in [1.29, 1.82) is 0 Å². The minimum atomic E-state index is -0.362. The lowest BCUT2D eigenvalue weighted by Gasteiger charge is -2.39. The lowest BCUT2D eigenvalue weighted by atomic mass is 9.97. The highest BCUT2D eigenvalue weighted by Crippen LogP contribution is 2.37. The molecule has 2 unspecified atom stereocenters. The zero-order valence-corrected chi connectivity index (χ0v) is 13.4. The Hall–Kier alpha value is -1.10. The molecule has 0 aromatic rings. The molecular weight excluding hydrogens is 268 g/mol. The lowest BCUT2D eigenvalue weighted by Crippen LogP contribution is -2.64. The average molecular weight is 296 g/mol. The maximum Gasteiger partial charge on any atom is 0.245 e. The maximum atomic E-state index is 12.7. The molecule has 1 heterocycles. The summed E-state index contributed by atoms with van der Waals surface area (Å²) in [6.45, 7) is 7.96. The molecule has 2 atom stereocenters. The normalized spacial score (nSPS) is 26.4. The Morgan fingerprint density at radius 3 is 2.57 bits per heavy atom. The smallest absolute Gasteiger partial charge is 0.245 e. The molecule has 2 rings (SSSR count). The first-order valence-corrected chi connectivity index (χ1v) is 8.23. The van der Waals surface area contributed by atoms with Gasteiger partial charge >= 0.3 is 0 Å². The van der Waals surface area contributed by atoms with Crippen molar-refractivity contribution in [2.75, 3.05) is 19.8 Å². The van der Waals surface area contributed by atoms with Crippen LogP contribution in [0.25, 0.3) is 0 Å². The molecule has 0 spiro atoms. The van der Waals surface area contributed by atoms with E-state index >= 15 is 0 Å². The van der Waals surface area contributed by atoms with E-state index in [1.807, 2.05) is 0 Å². The molecule has 5 nitrogen and oxygen atoms in total. The predicted molar refractivity (Wildman–Crippen MR) is 80.7 cm³/mol. The molecule has 1 N–H and O–H groups in total. The monoisotopic (exact) mass is 296 g/mol. The number of carbonyl (C=O) groups excluding carboxylic acids is 2. The van der Waals surface area contributed by atoms with Crippen molar-refractivity contribution < 1.29 is 14.3 Å². The number of ether oxygens (including phenoxy) is 1. The maximum absolute atomic E-state index is 12.7. The summed E-state index contributed by atoms with van der Waals surface area (Å²) in [7, 11) is 0. The first-order chi connectivity index (χ1) is 10.0. The largest absolute Gasteiger partial charge is 0.380 e. The molecule has 0 bridgehead atoms. The molecule has 5 heteroatoms. The number of nitrogens with one attached hydrogen (secondary N) is 1. The van der Waals surface area contributed by atoms with Crippen LogP contribution in [0.2, 0.25) is 0 Å². The molecule has 21 heavy (non-hydrogen) atoms. The van der Waals surface area contributed by atoms with Gasteiger partial charge in [0, 0.05) is 13.2 Å². The number of piperazine rings is 1. The minimum Gasteiger partial charge on any atom is -0.380 e. The zero-order chi connectivity index (χ0) is 15.4. The van der Waals surface area contributed by atoms with Crippen molar-refractivity contribution in [2.24, 2.45) is 11.8 Å². The van der Waals surface area contributed by atoms with Crippen molar-refractivity contribution in [3.05, 3.63) is 0 Å². The van der Waals surface area contributed by atoms with Crippen LogP contribution in [0.5, 0.6) is 0 Å². The van der Waals surface area contributed by atoms with Gasteiger partial charge in [-0.3, -0.25) is 9.59 Å². The topological polar surface area (TPSA) is 58.6 Å². The zero-order valence-electron chi connectivity index (χ0n) is 13.4. The van der Waals surface area contributed by atoms with E-state index in [1.165, 1.54) is 0 Å². The van der Waals surface area contributed by atoms with Crippen LogP contribution in [0.1, 0.15) is 46.5 Å². The summed E-state index contributed by atoms with van der Waals surface area (Å²) in [5.74, 6) is 0.827. The third-order valence-corrected chi connectivity index (χ3v) is 4.10. The van der Waals surface area contributed by atoms with E-state index < -0.39 is 0 Å². The molecule has 0 radical (unpaired) electrons. The summed E-state index contributed by atoms with van der Waals surface area (Å²) >= 11 is 0. The summed E-state index contributed by atoms with van der Waals surface area (Å²) < 4.78 is 5.51. The van der Waals surface area contributed by atoms with Crippen molar-refractivity contribution in [3.8, 4) is 0 Å². The second-order valence-electron chi connectivity index (χ2n) is 6.62. The van der Waals surface area contributed by atoms with E-state index in [1.54, 1.807) is 4.90 Å². The summed E-state index contributed by atoms with van der Waals surface area (Å²) in [4.78, 5) is 26.8. The quantitative estimate of drug-likeness (QED) is 0.692. The van der Waals surface area contributed by atoms with Gasteiger partial charge in [-0.05, 0) is 37.5 Å². The summed E-state index contributed by atoms with van der Waals surface area (Å²) in [6, 6.07) is -0.634. The third kappa shape index (κ3) is 4.19. The highest BCUT2D eigenvalue weighted by molar-refractivity contribution is 5.97. The average Bonchev–Trinajstić information content (AvgIpc) is 3.23. The standard InChI is InChI=1S/C16H28N2O3/c1-4-8-21-9-7-18-14(12-5-6-12)15(19)17-13(16(18)20)10-11(2)3/h11-14H,4-10H2,1-3H3,(H,17,19). The summed E-state index contributed by atoms with van der Waals surface area (Å²) in [5.41, 5.74) is 0. The van der Waals surface area contributed by atoms with Gasteiger partial charge in [0.05, 0.1) is 6.61 Å². The number of nitrogens with zero attached hydrogens (tertiary/aromatic N) is 1. The van der Waals surface area contributed by atoms with Crippen LogP contribution in [0.3, 0.4) is 0 Å². The Morgan fingerprint density at radius 1 is 1.29 bits per heavy atom. The van der Waals surface area contributed by atoms with Crippen molar-refractivity contribution >= 4 is 11.8 Å². The number of hydrogen-bond donors (Lipinski definition) is 1. The van der Waals surface area contributed by atoms with Gasteiger partial charge < -0.3 is 15.0 Å². The van der Waals surface area contributed by atoms with Crippen LogP contribution in [0.15, 0.2) is 0 Å². The van der Waals surface area contributed by atoms with Gasteiger partial charge in [0.1, 0.15) is 12.1 Å². The SMILES string of the molecule is CCCOCCN1C(=O)C(CC(C)C)NC(=O)C1C1CC1. The molecule has 2 fully saturated rings. The minimum absolute atomic E-state index is 0.0261. The fourth-order valence-electron chi connectivity index (χ4n) is 2.97. The van der Waals surface area contributed by atoms with Gasteiger partial charge in [-0.1, -0.05) is 20.8 Å². The number of carbonyl (C=O) groups is 2. The molecule has 2 amide bonds. The third-order valence-electron chi connectivity index (χ3n) is 4.10. The fraction of sp³-hybridized carbons (Fsp3) is 0.875. The van der Waals surface area contributed by atoms with E-state index in [0.29, 0.717) is 38.0 Å². The Labute approximate surface area is 127 Å². The number of amides is 2. The Bertz CT molecular complexity index is 380. The Kier molecular flexibility index (Phi) is 5.62. The Morgan fingerprint density at radius 2 is 2.00 bits per heavy atom. The number of rotatable bonds is 8. The van der Waals surface area contributed by atoms with Crippen LogP contribution in [-0.2, 0) is 14.3 Å². The second kappa shape index (κ2) is 7.25. The van der Waals surface area contributed by atoms with Crippen LogP contribution < -0.4 is 5.32 Å². The summed E-state index contributed by atoms with van der Waals surface area (Å²) in [5, 5.41) is 2.93.